The molecule has 93 heavy (non-hydrogen) atoms. The molecule has 0 unspecified atom stereocenters. The lowest BCUT2D eigenvalue weighted by Crippen LogP contribution is -2.23. The van der Waals surface area contributed by atoms with Crippen molar-refractivity contribution in [3.05, 3.63) is 272 Å². The second kappa shape index (κ2) is 31.6. The van der Waals surface area contributed by atoms with Gasteiger partial charge in [-0.1, -0.05) is 169 Å². The normalized spacial score (nSPS) is 11.5. The number of Topliss-reactive ketones (excluding diaryl/α,β-unsaturated/α-hetero) is 1. The monoisotopic (exact) mass is 1280 g/mol. The van der Waals surface area contributed by atoms with Crippen LogP contribution in [0.25, 0.3) is 21.8 Å². The highest BCUT2D eigenvalue weighted by Crippen LogP contribution is 2.53. The van der Waals surface area contributed by atoms with Crippen molar-refractivity contribution in [3.8, 4) is 0 Å². The van der Waals surface area contributed by atoms with Crippen LogP contribution in [-0.2, 0) is 20.7 Å². The first-order chi connectivity index (χ1) is 44.5. The van der Waals surface area contributed by atoms with Gasteiger partial charge in [0.1, 0.15) is 0 Å². The van der Waals surface area contributed by atoms with E-state index in [1.807, 2.05) is 188 Å². The van der Waals surface area contributed by atoms with Crippen molar-refractivity contribution in [1.82, 2.24) is 4.57 Å². The Bertz CT molecular complexity index is 4450. The number of hydrogen-bond acceptors (Lipinski definition) is 11. The predicted octanol–water partition coefficient (Wildman–Crippen LogP) is 19.3. The van der Waals surface area contributed by atoms with Crippen LogP contribution in [-0.4, -0.2) is 55.7 Å². The number of fused-ring (bicyclic) bond motifs is 3. The Morgan fingerprint density at radius 3 is 1.53 bits per heavy atom. The number of carboxylic acids is 1. The van der Waals surface area contributed by atoms with Gasteiger partial charge in [0.25, 0.3) is 0 Å². The summed E-state index contributed by atoms with van der Waals surface area (Å²) < 4.78 is 16.7. The Kier molecular flexibility index (Phi) is 23.5. The van der Waals surface area contributed by atoms with Crippen molar-refractivity contribution < 1.29 is 43.3 Å². The number of benzene rings is 9. The molecule has 474 valence electrons. The van der Waals surface area contributed by atoms with E-state index in [0.717, 1.165) is 108 Å². The highest BCUT2D eigenvalue weighted by atomic mass is 32.2. The largest absolute Gasteiger partial charge is 0.478 e. The molecule has 0 bridgehead atoms. The fourth-order valence-electron chi connectivity index (χ4n) is 11.6. The summed E-state index contributed by atoms with van der Waals surface area (Å²) in [6, 6.07) is 59.7. The van der Waals surface area contributed by atoms with Crippen molar-refractivity contribution in [1.29, 1.82) is 0 Å². The molecule has 0 fully saturated rings. The van der Waals surface area contributed by atoms with Crippen molar-refractivity contribution >= 4 is 97.7 Å². The summed E-state index contributed by atoms with van der Waals surface area (Å²) in [6.45, 7) is 21.3. The summed E-state index contributed by atoms with van der Waals surface area (Å²) in [4.78, 5) is 88.3. The molecule has 10 rings (SSSR count). The summed E-state index contributed by atoms with van der Waals surface area (Å²) in [5, 5.41) is 15.7. The number of aryl methyl sites for hydroxylation is 8. The topological polar surface area (TPSA) is 179 Å². The number of aromatic nitrogens is 1. The fourth-order valence-corrected chi connectivity index (χ4v) is 15.0. The molecule has 9 aromatic carbocycles. The van der Waals surface area contributed by atoms with E-state index in [9.17, 15) is 38.4 Å². The zero-order valence-electron chi connectivity index (χ0n) is 54.6. The molecule has 0 saturated heterocycles. The number of aromatic carboxylic acids is 1. The van der Waals surface area contributed by atoms with Crippen LogP contribution in [0, 0.1) is 48.5 Å². The number of carboxylic acid groups (broad SMARTS) is 1. The maximum atomic E-state index is 14.5. The van der Waals surface area contributed by atoms with E-state index in [1.165, 1.54) is 13.0 Å². The lowest BCUT2D eigenvalue weighted by Gasteiger charge is -2.21. The summed E-state index contributed by atoms with van der Waals surface area (Å²) in [5.74, 6) is -1.65. The van der Waals surface area contributed by atoms with Crippen LogP contribution in [0.2, 0.25) is 0 Å². The minimum absolute atomic E-state index is 0.0150. The van der Waals surface area contributed by atoms with E-state index in [4.69, 9.17) is 4.84 Å². The van der Waals surface area contributed by atoms with Crippen molar-refractivity contribution in [2.24, 2.45) is 10.1 Å². The number of nitrogens with zero attached hydrogens (tertiary/aromatic N) is 3. The van der Waals surface area contributed by atoms with Crippen LogP contribution in [0.5, 0.6) is 0 Å². The molecule has 0 aliphatic heterocycles. The molecular weight excluding hydrogens is 1200 g/mol. The molecule has 12 nitrogen and oxygen atoms in total. The Labute approximate surface area is 549 Å². The molecule has 14 heteroatoms. The molecule has 0 spiro atoms. The second-order valence-electron chi connectivity index (χ2n) is 23.2. The second-order valence-corrected chi connectivity index (χ2v) is 26.9. The molecule has 0 amide bonds. The van der Waals surface area contributed by atoms with Gasteiger partial charge in [0.05, 0.1) is 22.7 Å². The van der Waals surface area contributed by atoms with Crippen LogP contribution in [0.3, 0.4) is 0 Å². The van der Waals surface area contributed by atoms with E-state index < -0.39 is 30.1 Å². The van der Waals surface area contributed by atoms with Crippen molar-refractivity contribution in [2.45, 2.75) is 125 Å². The molecule has 1 aromatic heterocycles. The smallest absolute Gasteiger partial charge is 0.337 e. The number of rotatable bonds is 21. The SMILES string of the molecule is CCCCCCC(=Nc1ccccc1C(=O)O)C(=O)c1ccc(Sc2ccccc2)cc1.CCn1c2ccc(C(=O)c3ccccc3C)cc2c2cc(C(C)=NOC(C)=O)ccc21.Cc1cc(C)c(C(=O)P(=O)(C(=O)c2c(C)cc(C)cc2C)c2ccccc2)c(C)c1. The first kappa shape index (κ1) is 69.2. The molecule has 0 aliphatic carbocycles. The van der Waals surface area contributed by atoms with Gasteiger partial charge < -0.3 is 19.1 Å². The molecule has 1 heterocycles. The quantitative estimate of drug-likeness (QED) is 0.0182. The number of unbranched alkanes of at least 4 members (excludes halogenated alkanes) is 3. The van der Waals surface area contributed by atoms with Crippen LogP contribution in [0.15, 0.2) is 214 Å². The summed E-state index contributed by atoms with van der Waals surface area (Å²) in [7, 11) is -4.11. The van der Waals surface area contributed by atoms with Crippen LogP contribution in [0.1, 0.15) is 162 Å². The van der Waals surface area contributed by atoms with Gasteiger partial charge in [-0.15, -0.1) is 0 Å². The predicted molar refractivity (Wildman–Crippen MR) is 378 cm³/mol. The number of hydrogen-bond donors (Lipinski definition) is 1. The Hall–Kier alpha value is -9.68. The fraction of sp³-hybridized carbons (Fsp3) is 0.215. The summed E-state index contributed by atoms with van der Waals surface area (Å²) >= 11 is 1.64. The van der Waals surface area contributed by atoms with E-state index in [-0.39, 0.29) is 22.4 Å². The summed E-state index contributed by atoms with van der Waals surface area (Å²) in [6.07, 6.45) is 4.57. The molecule has 1 N–H and O–H groups in total. The molecule has 0 saturated carbocycles. The van der Waals surface area contributed by atoms with Crippen molar-refractivity contribution in [3.63, 3.8) is 0 Å². The summed E-state index contributed by atoms with van der Waals surface area (Å²) in [5.41, 5.74) is 11.9. The maximum absolute atomic E-state index is 14.5. The van der Waals surface area contributed by atoms with Gasteiger partial charge in [-0.05, 0) is 187 Å². The zero-order chi connectivity index (χ0) is 67.1. The Balaban J connectivity index is 0.000000179. The Morgan fingerprint density at radius 1 is 0.516 bits per heavy atom. The van der Waals surface area contributed by atoms with Crippen LogP contribution in [0.4, 0.5) is 5.69 Å². The average Bonchev–Trinajstić information content (AvgIpc) is 1.74. The van der Waals surface area contributed by atoms with Crippen molar-refractivity contribution in [2.75, 3.05) is 0 Å². The van der Waals surface area contributed by atoms with E-state index in [0.29, 0.717) is 51.3 Å². The van der Waals surface area contributed by atoms with E-state index in [1.54, 1.807) is 67.2 Å². The third-order valence-electron chi connectivity index (χ3n) is 16.0. The number of ketones is 2. The minimum Gasteiger partial charge on any atom is -0.478 e. The zero-order valence-corrected chi connectivity index (χ0v) is 56.3. The minimum atomic E-state index is -4.11. The highest BCUT2D eigenvalue weighted by Gasteiger charge is 2.44. The number of oxime groups is 1. The van der Waals surface area contributed by atoms with Gasteiger partial charge in [-0.25, -0.2) is 14.6 Å². The molecular formula is C79H78N3O9PS. The molecule has 0 aliphatic rings. The van der Waals surface area contributed by atoms with Gasteiger partial charge in [0.15, 0.2) is 5.78 Å². The number of carbonyl (C=O) groups is 6. The first-order valence-corrected chi connectivity index (χ1v) is 33.7. The lowest BCUT2D eigenvalue weighted by molar-refractivity contribution is -0.140. The standard InChI is InChI=1S/C27H27NO3S.C26H24N2O3.C26H27O3P/c1-2-3-4-8-15-25(28-24-14-10-9-13-23(24)27(30)31)26(29)20-16-18-22(19-17-20)32-21-11-6-5-7-12-21;1-5-28-24-12-10-19(17(3)27-31-18(4)29)14-22(24)23-15-20(11-13-25(23)28)26(30)21-9-7-6-8-16(21)2;1-16-12-18(3)23(19(4)13-16)25(27)30(29,22-10-8-7-9-11-22)26(28)24-20(5)14-17(2)15-21(24)6/h5-7,9-14,16-19H,2-4,8,15H2,1H3,(H,30,31);6-15H,5H2,1-4H3;7-15H,1-6H3. The van der Waals surface area contributed by atoms with Gasteiger partial charge in [0, 0.05) is 78.2 Å². The lowest BCUT2D eigenvalue weighted by atomic mass is 9.97. The third-order valence-corrected chi connectivity index (χ3v) is 19.7. The van der Waals surface area contributed by atoms with Crippen LogP contribution >= 0.6 is 18.9 Å². The first-order valence-electron chi connectivity index (χ1n) is 31.1. The van der Waals surface area contributed by atoms with Gasteiger partial charge in [-0.2, -0.15) is 0 Å². The highest BCUT2D eigenvalue weighted by molar-refractivity contribution is 8.01. The molecule has 0 radical (unpaired) electrons. The Morgan fingerprint density at radius 2 is 1.00 bits per heavy atom. The van der Waals surface area contributed by atoms with Gasteiger partial charge >= 0.3 is 11.9 Å². The maximum Gasteiger partial charge on any atom is 0.337 e. The number of carbonyl (C=O) groups excluding carboxylic acids is 5. The number of aliphatic imine (C=N–C) groups is 1. The van der Waals surface area contributed by atoms with Gasteiger partial charge in [-0.3, -0.25) is 19.2 Å². The van der Waals surface area contributed by atoms with Gasteiger partial charge in [0.2, 0.25) is 24.0 Å². The third kappa shape index (κ3) is 16.5. The number of para-hydroxylation sites is 1. The van der Waals surface area contributed by atoms with E-state index >= 15 is 0 Å². The molecule has 10 aromatic rings. The average molecular weight is 1280 g/mol. The molecule has 0 atom stereocenters. The van der Waals surface area contributed by atoms with Crippen LogP contribution < -0.4 is 5.30 Å². The van der Waals surface area contributed by atoms with E-state index in [2.05, 4.69) is 28.6 Å².